The van der Waals surface area contributed by atoms with Gasteiger partial charge in [-0.15, -0.1) is 0 Å². The highest BCUT2D eigenvalue weighted by Gasteiger charge is 2.50. The fourth-order valence-electron chi connectivity index (χ4n) is 7.64. The number of carbonyl (C=O) groups is 4. The van der Waals surface area contributed by atoms with Crippen LogP contribution in [0.25, 0.3) is 0 Å². The second-order valence-electron chi connectivity index (χ2n) is 18.5. The molecule has 0 amide bonds. The van der Waals surface area contributed by atoms with Crippen molar-refractivity contribution in [3.63, 3.8) is 0 Å². The van der Waals surface area contributed by atoms with Crippen molar-refractivity contribution in [2.24, 2.45) is 0 Å². The van der Waals surface area contributed by atoms with Crippen molar-refractivity contribution in [1.82, 2.24) is 0 Å². The minimum absolute atomic E-state index is 0.0466. The van der Waals surface area contributed by atoms with Gasteiger partial charge >= 0.3 is 23.9 Å². The SMILES string of the molecule is CC/C=C\C/C=C\C/C=C\C/C=C\C/C=C\C/C=C\CCC(=O)OCC(COC1OC(C(=O)O)C(O)C(O)C1OC(=O)CCCCCCCCCCCCC)OC(=O)CCCCC/C=C\C/C=C\C/C=C\CC. The average molecular weight is 1020 g/mol. The number of hydrogen-bond acceptors (Lipinski definition) is 11. The summed E-state index contributed by atoms with van der Waals surface area (Å²) in [5, 5.41) is 31.4. The Kier molecular flexibility index (Phi) is 44.0. The third-order valence-electron chi connectivity index (χ3n) is 11.9. The number of hydrogen-bond donors (Lipinski definition) is 3. The van der Waals surface area contributed by atoms with Crippen LogP contribution in [-0.2, 0) is 42.9 Å². The third-order valence-corrected chi connectivity index (χ3v) is 11.9. The Hall–Kier alpha value is -4.62. The second kappa shape index (κ2) is 48.3. The number of esters is 3. The number of unbranched alkanes of at least 4 members (excludes halogenated alkanes) is 13. The van der Waals surface area contributed by atoms with E-state index in [1.54, 1.807) is 0 Å². The van der Waals surface area contributed by atoms with E-state index in [0.29, 0.717) is 19.3 Å². The molecule has 0 spiro atoms. The lowest BCUT2D eigenvalue weighted by Crippen LogP contribution is -2.61. The highest BCUT2D eigenvalue weighted by atomic mass is 16.7. The molecule has 1 aliphatic rings. The van der Waals surface area contributed by atoms with Gasteiger partial charge < -0.3 is 39.0 Å². The van der Waals surface area contributed by atoms with Gasteiger partial charge in [0, 0.05) is 19.3 Å². The van der Waals surface area contributed by atoms with Gasteiger partial charge in [-0.25, -0.2) is 4.79 Å². The standard InChI is InChI=1S/C61H96O12/c1-4-7-10-13-16-19-22-24-25-26-27-28-29-31-33-35-38-41-44-47-53(62)69-50-52(71-54(63)48-45-42-39-37-34-30-23-20-17-14-11-8-5-2)51-70-61-59(57(66)56(65)58(73-61)60(67)68)72-55(64)49-46-43-40-36-32-21-18-15-12-9-6-3/h7-8,10-11,16-17,19-20,24-25,27-28,30-31,33-34,38,41,52,56-59,61,65-66H,4-6,9,12-15,18,21-23,26,29,32,35-37,39-40,42-51H2,1-3H3,(H,67,68)/b10-7-,11-8-,19-16-,20-17-,25-24-,28-27-,33-31-,34-30-,41-38-. The predicted molar refractivity (Wildman–Crippen MR) is 294 cm³/mol. The number of allylic oxidation sites excluding steroid dienone is 18. The lowest BCUT2D eigenvalue weighted by Gasteiger charge is -2.40. The number of aliphatic hydroxyl groups excluding tert-OH is 2. The summed E-state index contributed by atoms with van der Waals surface area (Å²) in [6.45, 7) is 5.63. The summed E-state index contributed by atoms with van der Waals surface area (Å²) in [5.41, 5.74) is 0. The molecule has 0 radical (unpaired) electrons. The van der Waals surface area contributed by atoms with Crippen molar-refractivity contribution in [3.8, 4) is 0 Å². The van der Waals surface area contributed by atoms with Gasteiger partial charge in [0.25, 0.3) is 0 Å². The molecule has 412 valence electrons. The van der Waals surface area contributed by atoms with Gasteiger partial charge in [-0.3, -0.25) is 14.4 Å². The maximum Gasteiger partial charge on any atom is 0.335 e. The van der Waals surface area contributed by atoms with E-state index in [1.165, 1.54) is 38.5 Å². The second-order valence-corrected chi connectivity index (χ2v) is 18.5. The molecule has 6 unspecified atom stereocenters. The fourth-order valence-corrected chi connectivity index (χ4v) is 7.64. The number of ether oxygens (including phenoxy) is 5. The molecule has 3 N–H and O–H groups in total. The lowest BCUT2D eigenvalue weighted by atomic mass is 9.98. The average Bonchev–Trinajstić information content (AvgIpc) is 3.37. The summed E-state index contributed by atoms with van der Waals surface area (Å²) in [6.07, 6.45) is 52.3. The molecule has 73 heavy (non-hydrogen) atoms. The zero-order valence-corrected chi connectivity index (χ0v) is 45.1. The number of aliphatic carboxylic acids is 1. The molecule has 1 heterocycles. The summed E-state index contributed by atoms with van der Waals surface area (Å²) in [6, 6.07) is 0. The molecule has 1 saturated heterocycles. The molecule has 12 heteroatoms. The van der Waals surface area contributed by atoms with Gasteiger partial charge in [-0.2, -0.15) is 0 Å². The lowest BCUT2D eigenvalue weighted by molar-refractivity contribution is -0.301. The molecule has 0 aromatic heterocycles. The Labute approximate surface area is 440 Å². The maximum atomic E-state index is 13.1. The van der Waals surface area contributed by atoms with Gasteiger partial charge in [-0.1, -0.05) is 201 Å². The predicted octanol–water partition coefficient (Wildman–Crippen LogP) is 13.9. The normalized spacial score (nSPS) is 19.2. The van der Waals surface area contributed by atoms with Gasteiger partial charge in [0.2, 0.25) is 0 Å². The van der Waals surface area contributed by atoms with Crippen molar-refractivity contribution in [1.29, 1.82) is 0 Å². The van der Waals surface area contributed by atoms with E-state index in [0.717, 1.165) is 103 Å². The van der Waals surface area contributed by atoms with Gasteiger partial charge in [0.15, 0.2) is 24.6 Å². The van der Waals surface area contributed by atoms with Crippen LogP contribution >= 0.6 is 0 Å². The van der Waals surface area contributed by atoms with Crippen LogP contribution in [0.15, 0.2) is 109 Å². The van der Waals surface area contributed by atoms with Crippen LogP contribution in [0.5, 0.6) is 0 Å². The van der Waals surface area contributed by atoms with Crippen molar-refractivity contribution < 1.29 is 58.2 Å². The smallest absolute Gasteiger partial charge is 0.335 e. The number of aliphatic hydroxyl groups is 2. The Morgan fingerprint density at radius 2 is 0.890 bits per heavy atom. The summed E-state index contributed by atoms with van der Waals surface area (Å²) in [4.78, 5) is 50.9. The highest BCUT2D eigenvalue weighted by Crippen LogP contribution is 2.26. The molecular weight excluding hydrogens is 925 g/mol. The van der Waals surface area contributed by atoms with Gasteiger partial charge in [0.1, 0.15) is 18.8 Å². The minimum atomic E-state index is -1.92. The van der Waals surface area contributed by atoms with E-state index in [4.69, 9.17) is 23.7 Å². The van der Waals surface area contributed by atoms with Crippen LogP contribution in [0.3, 0.4) is 0 Å². The van der Waals surface area contributed by atoms with Crippen LogP contribution in [0.1, 0.15) is 201 Å². The summed E-state index contributed by atoms with van der Waals surface area (Å²) >= 11 is 0. The van der Waals surface area contributed by atoms with Crippen molar-refractivity contribution in [2.75, 3.05) is 13.2 Å². The molecule has 12 nitrogen and oxygen atoms in total. The van der Waals surface area contributed by atoms with Gasteiger partial charge in [-0.05, 0) is 89.9 Å². The zero-order valence-electron chi connectivity index (χ0n) is 45.1. The highest BCUT2D eigenvalue weighted by molar-refractivity contribution is 5.74. The molecule has 0 aromatic rings. The first-order valence-corrected chi connectivity index (χ1v) is 27.9. The first-order valence-electron chi connectivity index (χ1n) is 27.9. The number of rotatable bonds is 45. The number of carboxylic acid groups (broad SMARTS) is 1. The van der Waals surface area contributed by atoms with Crippen LogP contribution in [-0.4, -0.2) is 89.2 Å². The molecule has 1 rings (SSSR count). The third kappa shape index (κ3) is 38.6. The molecule has 0 saturated carbocycles. The Bertz CT molecular complexity index is 1690. The zero-order chi connectivity index (χ0) is 53.3. The van der Waals surface area contributed by atoms with Gasteiger partial charge in [0.05, 0.1) is 6.61 Å². The first kappa shape index (κ1) is 66.4. The molecule has 1 aliphatic heterocycles. The minimum Gasteiger partial charge on any atom is -0.479 e. The summed E-state index contributed by atoms with van der Waals surface area (Å²) < 4.78 is 28.2. The molecular formula is C61H96O12. The van der Waals surface area contributed by atoms with Crippen LogP contribution in [0.4, 0.5) is 0 Å². The van der Waals surface area contributed by atoms with E-state index >= 15 is 0 Å². The fraction of sp³-hybridized carbons (Fsp3) is 0.639. The molecule has 1 fully saturated rings. The van der Waals surface area contributed by atoms with E-state index in [2.05, 4.69) is 118 Å². The van der Waals surface area contributed by atoms with Crippen LogP contribution in [0, 0.1) is 0 Å². The van der Waals surface area contributed by atoms with Crippen LogP contribution in [0.2, 0.25) is 0 Å². The molecule has 6 atom stereocenters. The maximum absolute atomic E-state index is 13.1. The Balaban J connectivity index is 2.77. The Morgan fingerprint density at radius 3 is 1.37 bits per heavy atom. The molecule has 0 bridgehead atoms. The van der Waals surface area contributed by atoms with Crippen molar-refractivity contribution >= 4 is 23.9 Å². The van der Waals surface area contributed by atoms with Crippen LogP contribution < -0.4 is 0 Å². The number of carbonyl (C=O) groups excluding carboxylic acids is 3. The monoisotopic (exact) mass is 1020 g/mol. The summed E-state index contributed by atoms with van der Waals surface area (Å²) in [5.74, 6) is -3.29. The van der Waals surface area contributed by atoms with Crippen molar-refractivity contribution in [2.45, 2.75) is 237 Å². The molecule has 0 aliphatic carbocycles. The summed E-state index contributed by atoms with van der Waals surface area (Å²) in [7, 11) is 0. The topological polar surface area (TPSA) is 175 Å². The number of carboxylic acids is 1. The molecule has 0 aromatic carbocycles. The van der Waals surface area contributed by atoms with E-state index in [9.17, 15) is 34.5 Å². The Morgan fingerprint density at radius 1 is 0.466 bits per heavy atom. The quantitative estimate of drug-likeness (QED) is 0.0228. The van der Waals surface area contributed by atoms with E-state index < -0.39 is 67.3 Å². The van der Waals surface area contributed by atoms with E-state index in [-0.39, 0.29) is 25.9 Å². The van der Waals surface area contributed by atoms with E-state index in [1.807, 2.05) is 12.2 Å². The van der Waals surface area contributed by atoms with Crippen molar-refractivity contribution in [3.05, 3.63) is 109 Å². The first-order chi connectivity index (χ1) is 35.6. The largest absolute Gasteiger partial charge is 0.479 e.